The van der Waals surface area contributed by atoms with Gasteiger partial charge in [-0.1, -0.05) is 50.6 Å². The molecule has 1 spiro atoms. The Morgan fingerprint density at radius 1 is 1.10 bits per heavy atom. The van der Waals surface area contributed by atoms with Gasteiger partial charge in [0.1, 0.15) is 6.04 Å². The lowest BCUT2D eigenvalue weighted by molar-refractivity contribution is -0.142. The second kappa shape index (κ2) is 13.4. The van der Waals surface area contributed by atoms with Gasteiger partial charge in [0.15, 0.2) is 0 Å². The van der Waals surface area contributed by atoms with E-state index in [1.54, 1.807) is 33.7 Å². The minimum absolute atomic E-state index is 0.0113. The van der Waals surface area contributed by atoms with Crippen LogP contribution in [0.2, 0.25) is 0 Å². The maximum atomic E-state index is 14.4. The van der Waals surface area contributed by atoms with Gasteiger partial charge in [0.05, 0.1) is 16.6 Å². The number of hydrogen-bond donors (Lipinski definition) is 1. The van der Waals surface area contributed by atoms with Gasteiger partial charge in [-0.05, 0) is 50.2 Å². The van der Waals surface area contributed by atoms with Crippen molar-refractivity contribution in [1.82, 2.24) is 9.80 Å². The second-order valence-electron chi connectivity index (χ2n) is 11.4. The fourth-order valence-electron chi connectivity index (χ4n) is 7.10. The Morgan fingerprint density at radius 3 is 2.48 bits per heavy atom. The fourth-order valence-corrected chi connectivity index (χ4v) is 9.51. The summed E-state index contributed by atoms with van der Waals surface area (Å²) < 4.78 is -0.641. The number of carbonyl (C=O) groups excluding carboxylic acids is 3. The number of aliphatic hydroxyl groups excluding tert-OH is 1. The van der Waals surface area contributed by atoms with E-state index in [2.05, 4.69) is 27.0 Å². The minimum Gasteiger partial charge on any atom is -0.396 e. The zero-order chi connectivity index (χ0) is 28.9. The molecule has 0 aliphatic carbocycles. The molecule has 3 aliphatic rings. The van der Waals surface area contributed by atoms with Gasteiger partial charge in [-0.3, -0.25) is 14.4 Å². The molecule has 40 heavy (non-hydrogen) atoms. The molecule has 218 valence electrons. The molecular formula is C32H45N3O4S. The molecule has 7 nitrogen and oxygen atoms in total. The highest BCUT2D eigenvalue weighted by molar-refractivity contribution is 8.02. The number of unbranched alkanes of at least 4 members (excludes halogenated alkanes) is 3. The maximum Gasteiger partial charge on any atom is 0.247 e. The molecule has 2 bridgehead atoms. The number of amides is 3. The van der Waals surface area contributed by atoms with Gasteiger partial charge in [0, 0.05) is 43.7 Å². The average Bonchev–Trinajstić information content (AvgIpc) is 3.55. The number of nitrogens with zero attached hydrogens (tertiary/aromatic N) is 3. The predicted molar refractivity (Wildman–Crippen MR) is 162 cm³/mol. The first-order valence-corrected chi connectivity index (χ1v) is 15.7. The van der Waals surface area contributed by atoms with Crippen molar-refractivity contribution < 1.29 is 19.5 Å². The molecule has 4 rings (SSSR count). The Balaban J connectivity index is 1.74. The summed E-state index contributed by atoms with van der Waals surface area (Å²) >= 11 is 1.72. The lowest BCUT2D eigenvalue weighted by Crippen LogP contribution is -2.57. The average molecular weight is 568 g/mol. The smallest absolute Gasteiger partial charge is 0.247 e. The minimum atomic E-state index is -0.641. The number of fused-ring (bicyclic) bond motifs is 1. The Bertz CT molecular complexity index is 1080. The molecule has 8 heteroatoms. The molecule has 0 radical (unpaired) electrons. The van der Waals surface area contributed by atoms with E-state index in [1.807, 2.05) is 35.2 Å². The quantitative estimate of drug-likeness (QED) is 0.249. The largest absolute Gasteiger partial charge is 0.396 e. The van der Waals surface area contributed by atoms with Gasteiger partial charge < -0.3 is 19.8 Å². The lowest BCUT2D eigenvalue weighted by Gasteiger charge is -2.41. The molecule has 3 fully saturated rings. The van der Waals surface area contributed by atoms with Crippen molar-refractivity contribution in [2.45, 2.75) is 68.4 Å². The summed E-state index contributed by atoms with van der Waals surface area (Å²) in [7, 11) is 0. The van der Waals surface area contributed by atoms with Gasteiger partial charge in [0.25, 0.3) is 0 Å². The molecule has 3 saturated heterocycles. The SMILES string of the molecule is C=CCN(CCCC)C(=O)C1N(CCCCCO)C(=O)[C@@H]2[C@H](C(=O)N(CC=C)c3ccccc3)[C@@H]3CC(C)C12S3. The molecule has 1 aromatic carbocycles. The summed E-state index contributed by atoms with van der Waals surface area (Å²) in [5, 5.41) is 9.29. The first-order chi connectivity index (χ1) is 19.4. The molecule has 0 saturated carbocycles. The summed E-state index contributed by atoms with van der Waals surface area (Å²) in [5.74, 6) is -1.06. The molecular weight excluding hydrogens is 522 g/mol. The van der Waals surface area contributed by atoms with Gasteiger partial charge in [-0.25, -0.2) is 0 Å². The zero-order valence-electron chi connectivity index (χ0n) is 24.0. The van der Waals surface area contributed by atoms with E-state index >= 15 is 0 Å². The van der Waals surface area contributed by atoms with E-state index in [1.165, 1.54) is 0 Å². The van der Waals surface area contributed by atoms with Gasteiger partial charge in [-0.15, -0.1) is 24.9 Å². The van der Waals surface area contributed by atoms with Crippen LogP contribution in [0.3, 0.4) is 0 Å². The Morgan fingerprint density at radius 2 is 1.82 bits per heavy atom. The van der Waals surface area contributed by atoms with Crippen LogP contribution >= 0.6 is 11.8 Å². The van der Waals surface area contributed by atoms with Crippen molar-refractivity contribution in [3.05, 3.63) is 55.6 Å². The van der Waals surface area contributed by atoms with Crippen LogP contribution in [-0.2, 0) is 14.4 Å². The highest BCUT2D eigenvalue weighted by Crippen LogP contribution is 2.69. The van der Waals surface area contributed by atoms with Crippen molar-refractivity contribution in [3.63, 3.8) is 0 Å². The van der Waals surface area contributed by atoms with Crippen LogP contribution in [0.5, 0.6) is 0 Å². The number of carbonyl (C=O) groups is 3. The Labute approximate surface area is 243 Å². The molecule has 3 amide bonds. The fraction of sp³-hybridized carbons (Fsp3) is 0.594. The molecule has 1 aromatic rings. The summed E-state index contributed by atoms with van der Waals surface area (Å²) in [6, 6.07) is 8.96. The van der Waals surface area contributed by atoms with Gasteiger partial charge in [-0.2, -0.15) is 0 Å². The number of benzene rings is 1. The Kier molecular flexibility index (Phi) is 10.2. The van der Waals surface area contributed by atoms with E-state index in [-0.39, 0.29) is 35.5 Å². The molecule has 6 atom stereocenters. The number of hydrogen-bond acceptors (Lipinski definition) is 5. The third kappa shape index (κ3) is 5.37. The lowest BCUT2D eigenvalue weighted by atomic mass is 9.65. The number of para-hydroxylation sites is 1. The first kappa shape index (κ1) is 30.4. The van der Waals surface area contributed by atoms with E-state index in [0.717, 1.165) is 31.4 Å². The summed E-state index contributed by atoms with van der Waals surface area (Å²) in [4.78, 5) is 48.6. The Hall–Kier alpha value is -2.58. The molecule has 3 unspecified atom stereocenters. The zero-order valence-corrected chi connectivity index (χ0v) is 24.9. The van der Waals surface area contributed by atoms with Gasteiger partial charge >= 0.3 is 0 Å². The third-order valence-electron chi connectivity index (χ3n) is 8.91. The van der Waals surface area contributed by atoms with Crippen LogP contribution in [0.1, 0.15) is 52.4 Å². The van der Waals surface area contributed by atoms with Crippen molar-refractivity contribution in [1.29, 1.82) is 0 Å². The number of likely N-dealkylation sites (tertiary alicyclic amines) is 1. The van der Waals surface area contributed by atoms with Crippen molar-refractivity contribution in [2.75, 3.05) is 37.7 Å². The molecule has 1 N–H and O–H groups in total. The predicted octanol–water partition coefficient (Wildman–Crippen LogP) is 4.52. The van der Waals surface area contributed by atoms with E-state index in [4.69, 9.17) is 0 Å². The topological polar surface area (TPSA) is 81.2 Å². The van der Waals surface area contributed by atoms with Crippen LogP contribution in [0.4, 0.5) is 5.69 Å². The van der Waals surface area contributed by atoms with Crippen molar-refractivity contribution in [2.24, 2.45) is 17.8 Å². The standard InChI is InChI=1S/C32H45N3O4S/c1-5-8-19-33(17-6-2)31(39)28-32-23(4)22-25(40-32)26(27(32)30(38)35(28)20-13-10-14-21-36)29(37)34(18-7-3)24-15-11-9-12-16-24/h6-7,9,11-12,15-16,23,25-28,36H,2-3,5,8,10,13-14,17-22H2,1,4H3/t23?,25-,26+,27-,28?,32?/m0/s1. The van der Waals surface area contributed by atoms with Crippen molar-refractivity contribution >= 4 is 35.2 Å². The van der Waals surface area contributed by atoms with Crippen LogP contribution in [0.25, 0.3) is 0 Å². The van der Waals surface area contributed by atoms with E-state index in [0.29, 0.717) is 39.0 Å². The summed E-state index contributed by atoms with van der Waals surface area (Å²) in [5.41, 5.74) is 0.790. The van der Waals surface area contributed by atoms with E-state index in [9.17, 15) is 19.5 Å². The number of thioether (sulfide) groups is 1. The van der Waals surface area contributed by atoms with Crippen LogP contribution in [0, 0.1) is 17.8 Å². The summed E-state index contributed by atoms with van der Waals surface area (Å²) in [6.45, 7) is 14.0. The maximum absolute atomic E-state index is 14.4. The number of anilines is 1. The van der Waals surface area contributed by atoms with E-state index < -0.39 is 22.6 Å². The normalized spacial score (nSPS) is 28.4. The second-order valence-corrected chi connectivity index (χ2v) is 12.9. The van der Waals surface area contributed by atoms with Crippen LogP contribution in [0.15, 0.2) is 55.6 Å². The summed E-state index contributed by atoms with van der Waals surface area (Å²) in [6.07, 6.45) is 8.28. The molecule has 0 aromatic heterocycles. The third-order valence-corrected chi connectivity index (χ3v) is 11.0. The van der Waals surface area contributed by atoms with Crippen molar-refractivity contribution in [3.8, 4) is 0 Å². The first-order valence-electron chi connectivity index (χ1n) is 14.8. The molecule has 3 heterocycles. The van der Waals surface area contributed by atoms with Gasteiger partial charge in [0.2, 0.25) is 17.7 Å². The monoisotopic (exact) mass is 567 g/mol. The number of rotatable bonds is 15. The number of aliphatic hydroxyl groups is 1. The highest BCUT2D eigenvalue weighted by atomic mass is 32.2. The van der Waals surface area contributed by atoms with Crippen LogP contribution < -0.4 is 4.90 Å². The van der Waals surface area contributed by atoms with Crippen LogP contribution in [-0.4, -0.2) is 81.5 Å². The highest BCUT2D eigenvalue weighted by Gasteiger charge is 2.76. The molecule has 3 aliphatic heterocycles.